The molecule has 1 aromatic heterocycles. The molecule has 2 aromatic carbocycles. The van der Waals surface area contributed by atoms with Crippen LogP contribution in [0.4, 0.5) is 41.2 Å². The maximum atomic E-state index is 14.6. The average Bonchev–Trinajstić information content (AvgIpc) is 3.05. The first-order valence-electron chi connectivity index (χ1n) is 9.80. The summed E-state index contributed by atoms with van der Waals surface area (Å²) < 4.78 is 99.7. The summed E-state index contributed by atoms with van der Waals surface area (Å²) in [7, 11) is 0. The van der Waals surface area contributed by atoms with Crippen molar-refractivity contribution in [2.75, 3.05) is 5.32 Å². The lowest BCUT2D eigenvalue weighted by Gasteiger charge is -2.23. The molecular formula is C23H19F7N2O2. The van der Waals surface area contributed by atoms with Crippen molar-refractivity contribution in [2.24, 2.45) is 0 Å². The number of nitrogens with zero attached hydrogens (tertiary/aromatic N) is 1. The van der Waals surface area contributed by atoms with Crippen molar-refractivity contribution < 1.29 is 40.3 Å². The molecule has 0 bridgehead atoms. The van der Waals surface area contributed by atoms with Crippen LogP contribution < -0.4 is 5.32 Å². The van der Waals surface area contributed by atoms with Gasteiger partial charge in [-0.1, -0.05) is 12.6 Å². The fourth-order valence-electron chi connectivity index (χ4n) is 3.56. The third kappa shape index (κ3) is 5.35. The number of fused-ring (bicyclic) bond motifs is 1. The van der Waals surface area contributed by atoms with Gasteiger partial charge in [0.25, 0.3) is 0 Å². The highest BCUT2D eigenvalue weighted by Crippen LogP contribution is 2.38. The number of aromatic nitrogens is 1. The lowest BCUT2D eigenvalue weighted by atomic mass is 9.98. The normalized spacial score (nSPS) is 12.6. The Morgan fingerprint density at radius 2 is 1.65 bits per heavy atom. The largest absolute Gasteiger partial charge is 0.496 e. The van der Waals surface area contributed by atoms with E-state index >= 15 is 0 Å². The van der Waals surface area contributed by atoms with Gasteiger partial charge in [0.1, 0.15) is 11.4 Å². The zero-order valence-electron chi connectivity index (χ0n) is 17.9. The van der Waals surface area contributed by atoms with Gasteiger partial charge in [0.15, 0.2) is 0 Å². The summed E-state index contributed by atoms with van der Waals surface area (Å²) >= 11 is 0. The highest BCUT2D eigenvalue weighted by atomic mass is 19.4. The number of nitrogens with one attached hydrogen (secondary N) is 1. The minimum Gasteiger partial charge on any atom is -0.496 e. The predicted molar refractivity (Wildman–Crippen MR) is 112 cm³/mol. The minimum atomic E-state index is -5.08. The summed E-state index contributed by atoms with van der Waals surface area (Å²) in [6, 6.07) is 3.55. The van der Waals surface area contributed by atoms with Crippen molar-refractivity contribution in [3.63, 3.8) is 0 Å². The molecule has 3 aromatic rings. The SMILES string of the molecule is C=COC(C)(C)Cc1cn(C(=O)Nc2cc(C(F)(F)F)cc(C(F)(F)F)c2)c2cccc(F)c12. The van der Waals surface area contributed by atoms with Crippen molar-refractivity contribution in [3.8, 4) is 0 Å². The Balaban J connectivity index is 2.06. The molecule has 0 atom stereocenters. The second-order valence-electron chi connectivity index (χ2n) is 8.10. The molecule has 1 heterocycles. The second kappa shape index (κ2) is 8.69. The van der Waals surface area contributed by atoms with Gasteiger partial charge in [0.05, 0.1) is 22.9 Å². The van der Waals surface area contributed by atoms with E-state index in [9.17, 15) is 35.5 Å². The molecule has 0 spiro atoms. The monoisotopic (exact) mass is 488 g/mol. The Bertz CT molecular complexity index is 1210. The summed E-state index contributed by atoms with van der Waals surface area (Å²) in [6.07, 6.45) is -7.57. The third-order valence-electron chi connectivity index (χ3n) is 4.93. The molecule has 182 valence electrons. The summed E-state index contributed by atoms with van der Waals surface area (Å²) in [4.78, 5) is 12.9. The maximum Gasteiger partial charge on any atom is 0.416 e. The van der Waals surface area contributed by atoms with Gasteiger partial charge in [-0.05, 0) is 49.7 Å². The van der Waals surface area contributed by atoms with Crippen molar-refractivity contribution >= 4 is 22.6 Å². The van der Waals surface area contributed by atoms with Crippen LogP contribution in [0, 0.1) is 5.82 Å². The molecule has 1 amide bonds. The van der Waals surface area contributed by atoms with Crippen LogP contribution in [0.5, 0.6) is 0 Å². The number of rotatable bonds is 5. The summed E-state index contributed by atoms with van der Waals surface area (Å²) in [5.74, 6) is -0.660. The molecule has 0 unspecified atom stereocenters. The molecule has 34 heavy (non-hydrogen) atoms. The zero-order chi connectivity index (χ0) is 25.5. The highest BCUT2D eigenvalue weighted by molar-refractivity contribution is 6.00. The van der Waals surface area contributed by atoms with E-state index in [1.165, 1.54) is 24.6 Å². The zero-order valence-corrected chi connectivity index (χ0v) is 17.9. The van der Waals surface area contributed by atoms with E-state index in [4.69, 9.17) is 4.74 Å². The molecule has 3 rings (SSSR count). The molecule has 0 aliphatic heterocycles. The number of anilines is 1. The average molecular weight is 488 g/mol. The number of hydrogen-bond donors (Lipinski definition) is 1. The predicted octanol–water partition coefficient (Wildman–Crippen LogP) is 7.38. The maximum absolute atomic E-state index is 14.6. The number of halogens is 7. The molecule has 0 saturated carbocycles. The number of benzene rings is 2. The Morgan fingerprint density at radius 3 is 2.18 bits per heavy atom. The molecule has 0 fully saturated rings. The lowest BCUT2D eigenvalue weighted by molar-refractivity contribution is -0.143. The van der Waals surface area contributed by atoms with Crippen molar-refractivity contribution in [3.05, 3.63) is 77.9 Å². The van der Waals surface area contributed by atoms with Gasteiger partial charge in [0, 0.05) is 23.7 Å². The molecule has 11 heteroatoms. The number of carbonyl (C=O) groups excluding carboxylic acids is 1. The topological polar surface area (TPSA) is 43.3 Å². The minimum absolute atomic E-state index is 0.0457. The van der Waals surface area contributed by atoms with Gasteiger partial charge < -0.3 is 10.1 Å². The molecular weight excluding hydrogens is 469 g/mol. The van der Waals surface area contributed by atoms with Crippen LogP contribution in [0.25, 0.3) is 10.9 Å². The summed E-state index contributed by atoms with van der Waals surface area (Å²) in [5, 5.41) is 2.12. The van der Waals surface area contributed by atoms with Crippen LogP contribution in [0.15, 0.2) is 55.4 Å². The smallest absolute Gasteiger partial charge is 0.416 e. The Kier molecular flexibility index (Phi) is 6.43. The number of hydrogen-bond acceptors (Lipinski definition) is 2. The van der Waals surface area contributed by atoms with Crippen LogP contribution in [0.1, 0.15) is 30.5 Å². The molecule has 0 aliphatic carbocycles. The van der Waals surface area contributed by atoms with Crippen LogP contribution in [0.3, 0.4) is 0 Å². The fourth-order valence-corrected chi connectivity index (χ4v) is 3.56. The van der Waals surface area contributed by atoms with E-state index in [-0.39, 0.29) is 23.4 Å². The van der Waals surface area contributed by atoms with Crippen molar-refractivity contribution in [1.29, 1.82) is 0 Å². The van der Waals surface area contributed by atoms with Gasteiger partial charge >= 0.3 is 18.4 Å². The van der Waals surface area contributed by atoms with Gasteiger partial charge in [-0.15, -0.1) is 0 Å². The first-order chi connectivity index (χ1) is 15.6. The molecule has 0 aliphatic rings. The Morgan fingerprint density at radius 1 is 1.06 bits per heavy atom. The fraction of sp³-hybridized carbons (Fsp3) is 0.261. The van der Waals surface area contributed by atoms with E-state index in [1.54, 1.807) is 13.8 Å². The van der Waals surface area contributed by atoms with E-state index in [2.05, 4.69) is 11.9 Å². The van der Waals surface area contributed by atoms with Crippen LogP contribution >= 0.6 is 0 Å². The van der Waals surface area contributed by atoms with Crippen LogP contribution in [-0.2, 0) is 23.5 Å². The first kappa shape index (κ1) is 25.1. The van der Waals surface area contributed by atoms with Gasteiger partial charge in [-0.25, -0.2) is 9.18 Å². The Hall–Kier alpha value is -3.50. The highest BCUT2D eigenvalue weighted by Gasteiger charge is 2.37. The number of alkyl halides is 6. The first-order valence-corrected chi connectivity index (χ1v) is 9.80. The molecule has 1 N–H and O–H groups in total. The molecule has 4 nitrogen and oxygen atoms in total. The summed E-state index contributed by atoms with van der Waals surface area (Å²) in [6.45, 7) is 6.86. The number of ether oxygens (including phenoxy) is 1. The van der Waals surface area contributed by atoms with Crippen molar-refractivity contribution in [2.45, 2.75) is 38.2 Å². The second-order valence-corrected chi connectivity index (χ2v) is 8.10. The quantitative estimate of drug-likeness (QED) is 0.301. The number of amides is 1. The van der Waals surface area contributed by atoms with E-state index in [0.717, 1.165) is 10.6 Å². The van der Waals surface area contributed by atoms with Gasteiger partial charge in [-0.2, -0.15) is 26.3 Å². The van der Waals surface area contributed by atoms with E-state index < -0.39 is 46.6 Å². The van der Waals surface area contributed by atoms with E-state index in [1.807, 2.05) is 0 Å². The van der Waals surface area contributed by atoms with Crippen LogP contribution in [0.2, 0.25) is 0 Å². The standard InChI is InChI=1S/C23H19F7N2O2/c1-4-34-21(2,3)11-13-12-32(18-7-5-6-17(24)19(13)18)20(33)31-16-9-14(22(25,26)27)8-15(10-16)23(28,29)30/h4-10,12H,1,11H2,2-3H3,(H,31,33). The molecule has 0 saturated heterocycles. The molecule has 0 radical (unpaired) electrons. The Labute approximate surface area is 189 Å². The third-order valence-corrected chi connectivity index (χ3v) is 4.93. The van der Waals surface area contributed by atoms with Crippen molar-refractivity contribution in [1.82, 2.24) is 4.57 Å². The lowest BCUT2D eigenvalue weighted by Crippen LogP contribution is -2.25. The van der Waals surface area contributed by atoms with Crippen LogP contribution in [-0.4, -0.2) is 16.2 Å². The van der Waals surface area contributed by atoms with Gasteiger partial charge in [-0.3, -0.25) is 4.57 Å². The summed E-state index contributed by atoms with van der Waals surface area (Å²) in [5.41, 5.74) is -4.31. The van der Waals surface area contributed by atoms with E-state index in [0.29, 0.717) is 17.7 Å². The van der Waals surface area contributed by atoms with Gasteiger partial charge in [0.2, 0.25) is 0 Å². The number of carbonyl (C=O) groups is 1.